The minimum Gasteiger partial charge on any atom is -0.508 e. The number of para-hydroxylation sites is 1. The Kier molecular flexibility index (Phi) is 12.5. The molecule has 0 bridgehead atoms. The van der Waals surface area contributed by atoms with E-state index in [1.54, 1.807) is 52.0 Å². The normalized spacial score (nSPS) is 12.9. The molecule has 2 unspecified atom stereocenters. The third-order valence-electron chi connectivity index (χ3n) is 6.55. The Labute approximate surface area is 249 Å². The number of carbonyl (C=O) groups is 3. The van der Waals surface area contributed by atoms with Gasteiger partial charge in [-0.3, -0.25) is 9.59 Å². The highest BCUT2D eigenvalue weighted by molar-refractivity contribution is 6.34. The van der Waals surface area contributed by atoms with Crippen LogP contribution in [-0.2, 0) is 14.3 Å². The second kappa shape index (κ2) is 15.1. The minimum absolute atomic E-state index is 0.0744. The second-order valence-electron chi connectivity index (χ2n) is 11.9. The van der Waals surface area contributed by atoms with Gasteiger partial charge in [0.15, 0.2) is 0 Å². The van der Waals surface area contributed by atoms with E-state index in [0.717, 1.165) is 18.4 Å². The summed E-state index contributed by atoms with van der Waals surface area (Å²) in [5, 5.41) is 16.3. The van der Waals surface area contributed by atoms with Crippen molar-refractivity contribution in [3.8, 4) is 5.75 Å². The largest absolute Gasteiger partial charge is 0.508 e. The Balaban J connectivity index is 2.62. The molecule has 0 heterocycles. The molecular weight excluding hydrogens is 542 g/mol. The molecule has 0 aromatic heterocycles. The number of halogens is 1. The maximum absolute atomic E-state index is 14.3. The molecule has 3 N–H and O–H groups in total. The quantitative estimate of drug-likeness (QED) is 0.226. The number of phenols is 1. The Morgan fingerprint density at radius 2 is 1.73 bits per heavy atom. The van der Waals surface area contributed by atoms with E-state index in [9.17, 15) is 19.5 Å². The Bertz CT molecular complexity index is 1190. The molecule has 9 heteroatoms. The summed E-state index contributed by atoms with van der Waals surface area (Å²) in [6, 6.07) is 8.24. The predicted molar refractivity (Wildman–Crippen MR) is 164 cm³/mol. The molecule has 0 saturated heterocycles. The van der Waals surface area contributed by atoms with Gasteiger partial charge in [0.05, 0.1) is 10.7 Å². The number of carbonyl (C=O) groups excluding carboxylic acids is 3. The van der Waals surface area contributed by atoms with E-state index in [1.807, 2.05) is 26.8 Å². The molecule has 226 valence electrons. The van der Waals surface area contributed by atoms with Crippen LogP contribution in [0.2, 0.25) is 5.02 Å². The van der Waals surface area contributed by atoms with E-state index in [2.05, 4.69) is 17.6 Å². The molecule has 2 aromatic rings. The van der Waals surface area contributed by atoms with E-state index in [-0.39, 0.29) is 24.1 Å². The fourth-order valence-corrected chi connectivity index (χ4v) is 4.81. The van der Waals surface area contributed by atoms with Gasteiger partial charge in [-0.15, -0.1) is 0 Å². The van der Waals surface area contributed by atoms with E-state index in [1.165, 1.54) is 11.0 Å². The molecule has 2 aromatic carbocycles. The first-order chi connectivity index (χ1) is 19.1. The van der Waals surface area contributed by atoms with E-state index < -0.39 is 29.7 Å². The number of hydrogen-bond acceptors (Lipinski definition) is 5. The summed E-state index contributed by atoms with van der Waals surface area (Å²) < 4.78 is 5.46. The van der Waals surface area contributed by atoms with Crippen LogP contribution < -0.4 is 10.6 Å². The lowest BCUT2D eigenvalue weighted by atomic mass is 9.97. The maximum Gasteiger partial charge on any atom is 0.408 e. The van der Waals surface area contributed by atoms with Crippen LogP contribution in [0.1, 0.15) is 90.0 Å². The number of phenolic OH excluding ortho intramolecular Hbond substituents is 1. The number of rotatable bonds is 12. The Morgan fingerprint density at radius 3 is 2.29 bits per heavy atom. The van der Waals surface area contributed by atoms with E-state index in [0.29, 0.717) is 34.7 Å². The lowest BCUT2D eigenvalue weighted by Crippen LogP contribution is -2.53. The molecule has 8 nitrogen and oxygen atoms in total. The number of nitrogens with zero attached hydrogens (tertiary/aromatic N) is 1. The molecule has 41 heavy (non-hydrogen) atoms. The summed E-state index contributed by atoms with van der Waals surface area (Å²) in [6.07, 6.45) is 2.09. The fourth-order valence-electron chi connectivity index (χ4n) is 4.54. The smallest absolute Gasteiger partial charge is 0.408 e. The highest BCUT2D eigenvalue weighted by Crippen LogP contribution is 2.31. The van der Waals surface area contributed by atoms with Crippen LogP contribution in [0.3, 0.4) is 0 Å². The van der Waals surface area contributed by atoms with Gasteiger partial charge < -0.3 is 25.4 Å². The fraction of sp³-hybridized carbons (Fsp3) is 0.531. The molecule has 0 aliphatic heterocycles. The molecule has 0 spiro atoms. The van der Waals surface area contributed by atoms with Crippen LogP contribution in [0, 0.1) is 19.8 Å². The molecular formula is C32H46ClN3O5. The summed E-state index contributed by atoms with van der Waals surface area (Å²) in [7, 11) is 0. The van der Waals surface area contributed by atoms with Gasteiger partial charge in [0.25, 0.3) is 5.91 Å². The van der Waals surface area contributed by atoms with Gasteiger partial charge in [-0.2, -0.15) is 0 Å². The van der Waals surface area contributed by atoms with Gasteiger partial charge in [-0.1, -0.05) is 63.4 Å². The third-order valence-corrected chi connectivity index (χ3v) is 6.86. The van der Waals surface area contributed by atoms with Gasteiger partial charge in [0.2, 0.25) is 5.91 Å². The number of anilines is 1. The monoisotopic (exact) mass is 587 g/mol. The topological polar surface area (TPSA) is 108 Å². The average molecular weight is 588 g/mol. The number of alkyl carbamates (subject to hydrolysis) is 1. The number of amides is 3. The van der Waals surface area contributed by atoms with Gasteiger partial charge in [0.1, 0.15) is 23.4 Å². The van der Waals surface area contributed by atoms with Crippen LogP contribution in [0.15, 0.2) is 36.4 Å². The second-order valence-corrected chi connectivity index (χ2v) is 12.3. The van der Waals surface area contributed by atoms with Crippen molar-refractivity contribution in [1.82, 2.24) is 10.2 Å². The van der Waals surface area contributed by atoms with Crippen LogP contribution in [0.5, 0.6) is 5.75 Å². The molecule has 3 amide bonds. The van der Waals surface area contributed by atoms with Gasteiger partial charge >= 0.3 is 6.09 Å². The number of unbranched alkanes of at least 4 members (excludes halogenated alkanes) is 2. The minimum atomic E-state index is -1.05. The third kappa shape index (κ3) is 10.3. The van der Waals surface area contributed by atoms with Crippen molar-refractivity contribution in [2.75, 3.05) is 11.9 Å². The number of benzene rings is 2. The lowest BCUT2D eigenvalue weighted by molar-refractivity contribution is -0.141. The van der Waals surface area contributed by atoms with Crippen molar-refractivity contribution in [2.45, 2.75) is 98.8 Å². The number of aromatic hydroxyl groups is 1. The molecule has 0 fully saturated rings. The van der Waals surface area contributed by atoms with Crippen molar-refractivity contribution >= 4 is 35.2 Å². The van der Waals surface area contributed by atoms with Crippen molar-refractivity contribution in [2.24, 2.45) is 5.92 Å². The Hall–Kier alpha value is -3.26. The zero-order chi connectivity index (χ0) is 30.9. The molecule has 0 aliphatic rings. The molecule has 0 aliphatic carbocycles. The molecule has 0 saturated carbocycles. The standard InChI is InChI=1S/C32H46ClN3O5/c1-9-10-11-17-36(30(39)25(18-20(2)3)34-31(40)41-32(6,7)8)28(23-15-16-26(37)22(5)19-23)29(38)35-27-21(4)13-12-14-24(27)33/h12-16,19-20,25,28,37H,9-11,17-18H2,1-8H3,(H,34,40)(H,35,38). The summed E-state index contributed by atoms with van der Waals surface area (Å²) in [5.41, 5.74) is 1.61. The Morgan fingerprint density at radius 1 is 1.05 bits per heavy atom. The van der Waals surface area contributed by atoms with Crippen molar-refractivity contribution < 1.29 is 24.2 Å². The van der Waals surface area contributed by atoms with Crippen molar-refractivity contribution in [1.29, 1.82) is 0 Å². The zero-order valence-corrected chi connectivity index (χ0v) is 26.4. The van der Waals surface area contributed by atoms with Crippen LogP contribution in [0.25, 0.3) is 0 Å². The summed E-state index contributed by atoms with van der Waals surface area (Å²) in [6.45, 7) is 15.1. The van der Waals surface area contributed by atoms with E-state index >= 15 is 0 Å². The first-order valence-electron chi connectivity index (χ1n) is 14.3. The van der Waals surface area contributed by atoms with Crippen LogP contribution in [-0.4, -0.2) is 46.1 Å². The first-order valence-corrected chi connectivity index (χ1v) is 14.7. The zero-order valence-electron chi connectivity index (χ0n) is 25.6. The number of aryl methyl sites for hydroxylation is 2. The maximum atomic E-state index is 14.3. The molecule has 2 atom stereocenters. The van der Waals surface area contributed by atoms with Crippen molar-refractivity contribution in [3.05, 3.63) is 58.1 Å². The van der Waals surface area contributed by atoms with Gasteiger partial charge in [0, 0.05) is 6.54 Å². The molecule has 0 radical (unpaired) electrons. The lowest BCUT2D eigenvalue weighted by Gasteiger charge is -2.35. The van der Waals surface area contributed by atoms with Crippen molar-refractivity contribution in [3.63, 3.8) is 0 Å². The number of hydrogen-bond donors (Lipinski definition) is 3. The SMILES string of the molecule is CCCCCN(C(=O)C(CC(C)C)NC(=O)OC(C)(C)C)C(C(=O)Nc1c(C)cccc1Cl)c1ccc(O)c(C)c1. The number of ether oxygens (including phenoxy) is 1. The number of nitrogens with one attached hydrogen (secondary N) is 2. The van der Waals surface area contributed by atoms with Gasteiger partial charge in [-0.25, -0.2) is 4.79 Å². The average Bonchev–Trinajstić information content (AvgIpc) is 2.85. The van der Waals surface area contributed by atoms with E-state index in [4.69, 9.17) is 16.3 Å². The summed E-state index contributed by atoms with van der Waals surface area (Å²) in [4.78, 5) is 42.8. The van der Waals surface area contributed by atoms with Gasteiger partial charge in [-0.05, 0) is 88.3 Å². The summed E-state index contributed by atoms with van der Waals surface area (Å²) in [5.74, 6) is -0.674. The highest BCUT2D eigenvalue weighted by Gasteiger charge is 2.37. The summed E-state index contributed by atoms with van der Waals surface area (Å²) >= 11 is 6.44. The predicted octanol–water partition coefficient (Wildman–Crippen LogP) is 7.30. The highest BCUT2D eigenvalue weighted by atomic mass is 35.5. The first kappa shape index (κ1) is 33.9. The van der Waals surface area contributed by atoms with Crippen LogP contribution in [0.4, 0.5) is 10.5 Å². The van der Waals surface area contributed by atoms with Crippen LogP contribution >= 0.6 is 11.6 Å². The molecule has 2 rings (SSSR count).